The molecular weight excluding hydrogens is 404 g/mol. The van der Waals surface area contributed by atoms with E-state index in [1.165, 1.54) is 0 Å². The predicted octanol–water partition coefficient (Wildman–Crippen LogP) is 3.66. The zero-order valence-corrected chi connectivity index (χ0v) is 18.5. The minimum atomic E-state index is -0.392. The first-order valence-electron chi connectivity index (χ1n) is 11.0. The molecule has 32 heavy (non-hydrogen) atoms. The largest absolute Gasteiger partial charge is 0.493 e. The Kier molecular flexibility index (Phi) is 4.89. The number of hydrogen-bond donors (Lipinski definition) is 1. The summed E-state index contributed by atoms with van der Waals surface area (Å²) in [5.41, 5.74) is 10.4. The second-order valence-corrected chi connectivity index (χ2v) is 8.15. The molecule has 2 N–H and O–H groups in total. The minimum absolute atomic E-state index is 0.116. The van der Waals surface area contributed by atoms with Crippen LogP contribution in [0.2, 0.25) is 0 Å². The van der Waals surface area contributed by atoms with Crippen LogP contribution < -0.4 is 15.2 Å². The van der Waals surface area contributed by atoms with Crippen LogP contribution in [0.1, 0.15) is 61.2 Å². The lowest BCUT2D eigenvalue weighted by atomic mass is 9.82. The SMILES string of the molecule is CCOc1cc(-n2ccnc2CC)ccc1C1C(C#N)=C(N)Oc2c1c(C1CC1)nn2C. The smallest absolute Gasteiger partial charge is 0.224 e. The maximum atomic E-state index is 10.0. The van der Waals surface area contributed by atoms with E-state index in [9.17, 15) is 5.26 Å². The average molecular weight is 431 g/mol. The molecule has 1 aromatic carbocycles. The van der Waals surface area contributed by atoms with Crippen molar-refractivity contribution in [2.75, 3.05) is 6.61 Å². The van der Waals surface area contributed by atoms with Crippen molar-refractivity contribution in [1.29, 1.82) is 5.26 Å². The molecule has 2 aromatic heterocycles. The van der Waals surface area contributed by atoms with E-state index < -0.39 is 5.92 Å². The molecule has 8 nitrogen and oxygen atoms in total. The fourth-order valence-electron chi connectivity index (χ4n) is 4.49. The van der Waals surface area contributed by atoms with Gasteiger partial charge in [0, 0.05) is 43.4 Å². The van der Waals surface area contributed by atoms with Gasteiger partial charge in [0.2, 0.25) is 11.8 Å². The Hall–Kier alpha value is -3.73. The van der Waals surface area contributed by atoms with Gasteiger partial charge < -0.3 is 19.8 Å². The van der Waals surface area contributed by atoms with Crippen LogP contribution in [0.4, 0.5) is 0 Å². The molecule has 0 radical (unpaired) electrons. The van der Waals surface area contributed by atoms with Gasteiger partial charge in [0.1, 0.15) is 23.2 Å². The van der Waals surface area contributed by atoms with Gasteiger partial charge in [0.05, 0.1) is 29.5 Å². The Morgan fingerprint density at radius 1 is 1.31 bits per heavy atom. The van der Waals surface area contributed by atoms with E-state index >= 15 is 0 Å². The lowest BCUT2D eigenvalue weighted by molar-refractivity contribution is 0.332. The number of ether oxygens (including phenoxy) is 2. The van der Waals surface area contributed by atoms with Gasteiger partial charge in [-0.15, -0.1) is 0 Å². The van der Waals surface area contributed by atoms with Gasteiger partial charge in [-0.3, -0.25) is 0 Å². The molecule has 164 valence electrons. The molecule has 3 heterocycles. The molecule has 0 spiro atoms. The Morgan fingerprint density at radius 2 is 2.12 bits per heavy atom. The summed E-state index contributed by atoms with van der Waals surface area (Å²) >= 11 is 0. The van der Waals surface area contributed by atoms with Crippen LogP contribution in [0, 0.1) is 11.3 Å². The number of imidazole rings is 1. The van der Waals surface area contributed by atoms with Crippen LogP contribution in [0.5, 0.6) is 11.6 Å². The maximum Gasteiger partial charge on any atom is 0.224 e. The molecule has 0 amide bonds. The maximum absolute atomic E-state index is 10.0. The summed E-state index contributed by atoms with van der Waals surface area (Å²) in [6, 6.07) is 8.35. The number of nitrogens with two attached hydrogens (primary N) is 1. The van der Waals surface area contributed by atoms with Gasteiger partial charge >= 0.3 is 0 Å². The third kappa shape index (κ3) is 3.12. The number of rotatable bonds is 6. The fraction of sp³-hybridized carbons (Fsp3) is 0.375. The summed E-state index contributed by atoms with van der Waals surface area (Å²) in [6.45, 7) is 4.53. The Bertz CT molecular complexity index is 1260. The molecule has 0 bridgehead atoms. The molecule has 3 aromatic rings. The van der Waals surface area contributed by atoms with Crippen LogP contribution in [-0.4, -0.2) is 25.9 Å². The van der Waals surface area contributed by atoms with E-state index in [-0.39, 0.29) is 5.88 Å². The van der Waals surface area contributed by atoms with Crippen molar-refractivity contribution in [1.82, 2.24) is 19.3 Å². The highest BCUT2D eigenvalue weighted by atomic mass is 16.5. The highest BCUT2D eigenvalue weighted by Gasteiger charge is 2.41. The number of nitrogens with zero attached hydrogens (tertiary/aromatic N) is 5. The lowest BCUT2D eigenvalue weighted by Crippen LogP contribution is -2.22. The molecule has 1 atom stereocenters. The van der Waals surface area contributed by atoms with E-state index in [4.69, 9.17) is 20.3 Å². The first-order chi connectivity index (χ1) is 15.6. The van der Waals surface area contributed by atoms with Crippen molar-refractivity contribution in [2.24, 2.45) is 12.8 Å². The second kappa shape index (κ2) is 7.75. The van der Waals surface area contributed by atoms with Crippen molar-refractivity contribution in [2.45, 2.75) is 44.9 Å². The van der Waals surface area contributed by atoms with Crippen LogP contribution in [0.3, 0.4) is 0 Å². The van der Waals surface area contributed by atoms with Crippen molar-refractivity contribution >= 4 is 0 Å². The first kappa shape index (κ1) is 20.2. The zero-order valence-electron chi connectivity index (χ0n) is 18.5. The van der Waals surface area contributed by atoms with Crippen LogP contribution in [0.25, 0.3) is 5.69 Å². The number of hydrogen-bond acceptors (Lipinski definition) is 6. The highest BCUT2D eigenvalue weighted by Crippen LogP contribution is 2.52. The Balaban J connectivity index is 1.71. The normalized spacial score (nSPS) is 17.6. The summed E-state index contributed by atoms with van der Waals surface area (Å²) in [6.07, 6.45) is 6.75. The first-order valence-corrected chi connectivity index (χ1v) is 11.0. The highest BCUT2D eigenvalue weighted by molar-refractivity contribution is 5.61. The Labute approximate surface area is 186 Å². The number of aromatic nitrogens is 4. The third-order valence-electron chi connectivity index (χ3n) is 6.11. The molecule has 2 aliphatic rings. The molecule has 0 saturated heterocycles. The van der Waals surface area contributed by atoms with Gasteiger partial charge in [-0.05, 0) is 25.8 Å². The minimum Gasteiger partial charge on any atom is -0.493 e. The Morgan fingerprint density at radius 3 is 2.81 bits per heavy atom. The summed E-state index contributed by atoms with van der Waals surface area (Å²) < 4.78 is 15.7. The average Bonchev–Trinajstić information content (AvgIpc) is 3.43. The second-order valence-electron chi connectivity index (χ2n) is 8.15. The van der Waals surface area contributed by atoms with Gasteiger partial charge in [0.15, 0.2) is 0 Å². The fourth-order valence-corrected chi connectivity index (χ4v) is 4.49. The molecule has 1 fully saturated rings. The van der Waals surface area contributed by atoms with E-state index in [0.717, 1.165) is 47.6 Å². The predicted molar refractivity (Wildman–Crippen MR) is 119 cm³/mol. The molecule has 1 unspecified atom stereocenters. The standard InChI is InChI=1S/C24H26N6O2/c1-4-19-27-10-11-30(19)15-8-9-16(18(12-15)31-5-2)20-17(13-25)23(26)32-24-21(20)22(14-6-7-14)28-29(24)3/h8-12,14,20H,4-7,26H2,1-3H3. The molecule has 1 aliphatic heterocycles. The van der Waals surface area contributed by atoms with Gasteiger partial charge in [-0.25, -0.2) is 9.67 Å². The number of nitriles is 1. The van der Waals surface area contributed by atoms with Crippen LogP contribution in [-0.2, 0) is 13.5 Å². The molecule has 1 saturated carbocycles. The van der Waals surface area contributed by atoms with E-state index in [1.54, 1.807) is 10.9 Å². The zero-order chi connectivity index (χ0) is 22.4. The number of allylic oxidation sites excluding steroid dienone is 1. The van der Waals surface area contributed by atoms with Crippen LogP contribution >= 0.6 is 0 Å². The van der Waals surface area contributed by atoms with E-state index in [1.807, 2.05) is 38.4 Å². The molecule has 5 rings (SSSR count). The monoisotopic (exact) mass is 430 g/mol. The summed E-state index contributed by atoms with van der Waals surface area (Å²) in [5, 5.41) is 14.8. The van der Waals surface area contributed by atoms with Gasteiger partial charge in [-0.2, -0.15) is 10.4 Å². The molecule has 1 aliphatic carbocycles. The topological polar surface area (TPSA) is 104 Å². The van der Waals surface area contributed by atoms with Crippen LogP contribution in [0.15, 0.2) is 42.0 Å². The van der Waals surface area contributed by atoms with Gasteiger partial charge in [0.25, 0.3) is 0 Å². The van der Waals surface area contributed by atoms with E-state index in [0.29, 0.717) is 29.7 Å². The van der Waals surface area contributed by atoms with Crippen molar-refractivity contribution < 1.29 is 9.47 Å². The summed E-state index contributed by atoms with van der Waals surface area (Å²) in [5.74, 6) is 2.40. The lowest BCUT2D eigenvalue weighted by Gasteiger charge is -2.26. The number of fused-ring (bicyclic) bond motifs is 1. The molecular formula is C24H26N6O2. The van der Waals surface area contributed by atoms with E-state index in [2.05, 4.69) is 22.5 Å². The summed E-state index contributed by atoms with van der Waals surface area (Å²) in [7, 11) is 1.85. The van der Waals surface area contributed by atoms with Crippen molar-refractivity contribution in [3.05, 3.63) is 64.7 Å². The van der Waals surface area contributed by atoms with Gasteiger partial charge in [-0.1, -0.05) is 13.0 Å². The molecule has 8 heteroatoms. The number of benzene rings is 1. The quantitative estimate of drug-likeness (QED) is 0.640. The third-order valence-corrected chi connectivity index (χ3v) is 6.11. The van der Waals surface area contributed by atoms with Crippen molar-refractivity contribution in [3.63, 3.8) is 0 Å². The van der Waals surface area contributed by atoms with Crippen molar-refractivity contribution in [3.8, 4) is 23.4 Å². The summed E-state index contributed by atoms with van der Waals surface area (Å²) in [4.78, 5) is 4.43. The number of aryl methyl sites for hydroxylation is 2.